The van der Waals surface area contributed by atoms with Crippen molar-refractivity contribution in [2.45, 2.75) is 51.6 Å². The summed E-state index contributed by atoms with van der Waals surface area (Å²) in [6, 6.07) is 8.19. The highest BCUT2D eigenvalue weighted by Crippen LogP contribution is 2.24. The lowest BCUT2D eigenvalue weighted by Crippen LogP contribution is -2.41. The minimum Gasteiger partial charge on any atom is -0.324 e. The Morgan fingerprint density at radius 3 is 2.45 bits per heavy atom. The number of carbonyl (C=O) groups excluding carboxylic acids is 1. The third-order valence-electron chi connectivity index (χ3n) is 4.05. The number of amides is 2. The van der Waals surface area contributed by atoms with E-state index in [0.717, 1.165) is 30.6 Å². The molecule has 1 saturated carbocycles. The van der Waals surface area contributed by atoms with Crippen molar-refractivity contribution in [3.05, 3.63) is 29.8 Å². The predicted molar refractivity (Wildman–Crippen MR) is 82.7 cm³/mol. The zero-order valence-corrected chi connectivity index (χ0v) is 12.4. The second kappa shape index (κ2) is 6.75. The van der Waals surface area contributed by atoms with Gasteiger partial charge in [0.25, 0.3) is 0 Å². The fourth-order valence-corrected chi connectivity index (χ4v) is 2.85. The molecule has 0 aliphatic heterocycles. The van der Waals surface area contributed by atoms with Gasteiger partial charge in [0.2, 0.25) is 0 Å². The van der Waals surface area contributed by atoms with Gasteiger partial charge in [-0.2, -0.15) is 0 Å². The molecule has 4 nitrogen and oxygen atoms in total. The maximum Gasteiger partial charge on any atom is 0.322 e. The zero-order chi connectivity index (χ0) is 14.5. The van der Waals surface area contributed by atoms with Crippen molar-refractivity contribution >= 4 is 11.7 Å². The summed E-state index contributed by atoms with van der Waals surface area (Å²) in [4.78, 5) is 14.3. The molecule has 1 fully saturated rings. The summed E-state index contributed by atoms with van der Waals surface area (Å²) in [5, 5.41) is 2.98. The van der Waals surface area contributed by atoms with E-state index in [0.29, 0.717) is 6.04 Å². The van der Waals surface area contributed by atoms with Crippen LogP contribution in [0.3, 0.4) is 0 Å². The van der Waals surface area contributed by atoms with Crippen molar-refractivity contribution in [3.63, 3.8) is 0 Å². The third kappa shape index (κ3) is 3.51. The second-order valence-electron chi connectivity index (χ2n) is 5.57. The van der Waals surface area contributed by atoms with Gasteiger partial charge in [0.15, 0.2) is 0 Å². The van der Waals surface area contributed by atoms with Gasteiger partial charge in [0.05, 0.1) is 0 Å². The molecule has 2 rings (SSSR count). The van der Waals surface area contributed by atoms with E-state index in [2.05, 4.69) is 5.32 Å². The van der Waals surface area contributed by atoms with E-state index >= 15 is 0 Å². The van der Waals surface area contributed by atoms with Gasteiger partial charge in [-0.15, -0.1) is 0 Å². The lowest BCUT2D eigenvalue weighted by molar-refractivity contribution is 0.192. The molecular weight excluding hydrogens is 250 g/mol. The van der Waals surface area contributed by atoms with Gasteiger partial charge in [0.1, 0.15) is 0 Å². The van der Waals surface area contributed by atoms with Gasteiger partial charge in [-0.25, -0.2) is 4.79 Å². The van der Waals surface area contributed by atoms with Crippen molar-refractivity contribution in [1.82, 2.24) is 4.90 Å². The van der Waals surface area contributed by atoms with Crippen LogP contribution >= 0.6 is 0 Å². The van der Waals surface area contributed by atoms with Crippen molar-refractivity contribution in [2.24, 2.45) is 5.73 Å². The highest BCUT2D eigenvalue weighted by atomic mass is 16.2. The summed E-state index contributed by atoms with van der Waals surface area (Å²) in [5.41, 5.74) is 7.73. The largest absolute Gasteiger partial charge is 0.324 e. The molecule has 4 heteroatoms. The predicted octanol–water partition coefficient (Wildman–Crippen LogP) is 3.50. The number of benzene rings is 1. The van der Waals surface area contributed by atoms with Crippen molar-refractivity contribution in [2.75, 3.05) is 11.9 Å². The number of nitrogens with zero attached hydrogens (tertiary/aromatic N) is 1. The summed E-state index contributed by atoms with van der Waals surface area (Å²) in [7, 11) is 0. The van der Waals surface area contributed by atoms with E-state index in [1.54, 1.807) is 0 Å². The molecule has 0 heterocycles. The molecule has 110 valence electrons. The summed E-state index contributed by atoms with van der Waals surface area (Å²) in [6.07, 6.45) is 4.73. The van der Waals surface area contributed by atoms with Crippen molar-refractivity contribution < 1.29 is 4.79 Å². The molecule has 0 saturated heterocycles. The van der Waals surface area contributed by atoms with Crippen LogP contribution in [0.2, 0.25) is 0 Å². The lowest BCUT2D eigenvalue weighted by atomic mass is 10.1. The van der Waals surface area contributed by atoms with Gasteiger partial charge < -0.3 is 16.0 Å². The molecule has 1 aliphatic carbocycles. The molecule has 1 unspecified atom stereocenters. The molecule has 3 N–H and O–H groups in total. The maximum atomic E-state index is 12.3. The van der Waals surface area contributed by atoms with Crippen LogP contribution in [0.5, 0.6) is 0 Å². The number of nitrogens with one attached hydrogen (secondary N) is 1. The Balaban J connectivity index is 1.98. The second-order valence-corrected chi connectivity index (χ2v) is 5.57. The topological polar surface area (TPSA) is 58.4 Å². The lowest BCUT2D eigenvalue weighted by Gasteiger charge is -2.27. The smallest absolute Gasteiger partial charge is 0.322 e. The first-order valence-electron chi connectivity index (χ1n) is 7.55. The van der Waals surface area contributed by atoms with Crippen molar-refractivity contribution in [1.29, 1.82) is 0 Å². The zero-order valence-electron chi connectivity index (χ0n) is 12.4. The van der Waals surface area contributed by atoms with E-state index in [9.17, 15) is 4.79 Å². The standard InChI is InChI=1S/C16H25N3O/c1-3-19(15-6-4-5-7-15)16(20)18-14-10-8-13(9-11-14)12(2)17/h8-12,15H,3-7,17H2,1-2H3,(H,18,20). The van der Waals surface area contributed by atoms with Crippen LogP contribution in [0.4, 0.5) is 10.5 Å². The Labute approximate surface area is 121 Å². The average Bonchev–Trinajstić information content (AvgIpc) is 2.94. The van der Waals surface area contributed by atoms with E-state index in [1.807, 2.05) is 43.0 Å². The van der Waals surface area contributed by atoms with Crippen LogP contribution in [0, 0.1) is 0 Å². The van der Waals surface area contributed by atoms with Crippen LogP contribution in [-0.2, 0) is 0 Å². The molecule has 2 amide bonds. The Morgan fingerprint density at radius 1 is 1.35 bits per heavy atom. The molecule has 20 heavy (non-hydrogen) atoms. The first kappa shape index (κ1) is 14.9. The molecule has 1 atom stereocenters. The maximum absolute atomic E-state index is 12.3. The SMILES string of the molecule is CCN(C(=O)Nc1ccc(C(C)N)cc1)C1CCCC1. The van der Waals surface area contributed by atoms with Crippen LogP contribution in [-0.4, -0.2) is 23.5 Å². The molecular formula is C16H25N3O. The molecule has 0 radical (unpaired) electrons. The van der Waals surface area contributed by atoms with Crippen molar-refractivity contribution in [3.8, 4) is 0 Å². The molecule has 1 aliphatic rings. The monoisotopic (exact) mass is 275 g/mol. The van der Waals surface area contributed by atoms with Gasteiger partial charge in [-0.3, -0.25) is 0 Å². The molecule has 0 spiro atoms. The minimum atomic E-state index is 0.00736. The van der Waals surface area contributed by atoms with E-state index in [-0.39, 0.29) is 12.1 Å². The number of carbonyl (C=O) groups is 1. The Bertz CT molecular complexity index is 436. The average molecular weight is 275 g/mol. The number of hydrogen-bond acceptors (Lipinski definition) is 2. The van der Waals surface area contributed by atoms with Crippen LogP contribution in [0.1, 0.15) is 51.1 Å². The summed E-state index contributed by atoms with van der Waals surface area (Å²) in [6.45, 7) is 4.75. The number of rotatable bonds is 4. The minimum absolute atomic E-state index is 0.00736. The number of urea groups is 1. The van der Waals surface area contributed by atoms with Gasteiger partial charge in [0, 0.05) is 24.3 Å². The molecule has 1 aromatic carbocycles. The quantitative estimate of drug-likeness (QED) is 0.883. The number of hydrogen-bond donors (Lipinski definition) is 2. The van der Waals surface area contributed by atoms with Gasteiger partial charge in [-0.05, 0) is 44.4 Å². The summed E-state index contributed by atoms with van der Waals surface area (Å²) < 4.78 is 0. The van der Waals surface area contributed by atoms with Crippen LogP contribution < -0.4 is 11.1 Å². The van der Waals surface area contributed by atoms with E-state index < -0.39 is 0 Å². The first-order valence-corrected chi connectivity index (χ1v) is 7.55. The third-order valence-corrected chi connectivity index (χ3v) is 4.05. The normalized spacial score (nSPS) is 16.9. The molecule has 0 aromatic heterocycles. The summed E-state index contributed by atoms with van der Waals surface area (Å²) >= 11 is 0. The highest BCUT2D eigenvalue weighted by Gasteiger charge is 2.25. The fourth-order valence-electron chi connectivity index (χ4n) is 2.85. The Morgan fingerprint density at radius 2 is 1.95 bits per heavy atom. The molecule has 1 aromatic rings. The van der Waals surface area contributed by atoms with Gasteiger partial charge in [-0.1, -0.05) is 25.0 Å². The van der Waals surface area contributed by atoms with Crippen LogP contribution in [0.25, 0.3) is 0 Å². The Hall–Kier alpha value is -1.55. The summed E-state index contributed by atoms with van der Waals surface area (Å²) in [5.74, 6) is 0. The van der Waals surface area contributed by atoms with E-state index in [1.165, 1.54) is 12.8 Å². The Kier molecular flexibility index (Phi) is 5.01. The van der Waals surface area contributed by atoms with Crippen LogP contribution in [0.15, 0.2) is 24.3 Å². The van der Waals surface area contributed by atoms with E-state index in [4.69, 9.17) is 5.73 Å². The highest BCUT2D eigenvalue weighted by molar-refractivity contribution is 5.89. The van der Waals surface area contributed by atoms with Gasteiger partial charge >= 0.3 is 6.03 Å². The number of nitrogens with two attached hydrogens (primary N) is 1. The number of anilines is 1. The first-order chi connectivity index (χ1) is 9.61. The fraction of sp³-hybridized carbons (Fsp3) is 0.562. The molecule has 0 bridgehead atoms.